The van der Waals surface area contributed by atoms with Crippen molar-refractivity contribution in [3.8, 4) is 0 Å². The molecule has 0 aliphatic heterocycles. The highest BCUT2D eigenvalue weighted by atomic mass is 16.4. The Balaban J connectivity index is 2.48. The molecule has 2 N–H and O–H groups in total. The summed E-state index contributed by atoms with van der Waals surface area (Å²) in [6, 6.07) is 7.61. The third-order valence-electron chi connectivity index (χ3n) is 2.65. The summed E-state index contributed by atoms with van der Waals surface area (Å²) in [7, 11) is 1.87. The van der Waals surface area contributed by atoms with E-state index in [1.165, 1.54) is 0 Å². The number of aryl methyl sites for hydroxylation is 1. The van der Waals surface area contributed by atoms with Crippen molar-refractivity contribution in [2.75, 3.05) is 0 Å². The van der Waals surface area contributed by atoms with E-state index in [1.54, 1.807) is 6.20 Å². The topological polar surface area (TPSA) is 62.5 Å². The zero-order valence-electron chi connectivity index (χ0n) is 8.92. The molecule has 0 saturated carbocycles. The summed E-state index contributed by atoms with van der Waals surface area (Å²) in [6.45, 7) is 0. The number of hydrogen-bond donors (Lipinski definition) is 2. The maximum Gasteiger partial charge on any atom is 0.306 e. The average Bonchev–Trinajstić information content (AvgIpc) is 2.56. The Morgan fingerprint density at radius 2 is 2.12 bits per heavy atom. The lowest BCUT2D eigenvalue weighted by Crippen LogP contribution is -2.04. The van der Waals surface area contributed by atoms with Gasteiger partial charge in [0, 0.05) is 29.7 Å². The minimum atomic E-state index is -1.000. The Bertz CT molecular complexity index is 530. The summed E-state index contributed by atoms with van der Waals surface area (Å²) in [5, 5.41) is 19.4. The fourth-order valence-electron chi connectivity index (χ4n) is 1.91. The van der Waals surface area contributed by atoms with E-state index in [9.17, 15) is 9.90 Å². The molecule has 0 aliphatic rings. The Labute approximate surface area is 92.7 Å². The highest BCUT2D eigenvalue weighted by molar-refractivity contribution is 5.84. The first-order valence-corrected chi connectivity index (χ1v) is 5.03. The molecule has 1 atom stereocenters. The number of nitrogens with zero attached hydrogens (tertiary/aromatic N) is 1. The molecule has 4 nitrogen and oxygen atoms in total. The van der Waals surface area contributed by atoms with Gasteiger partial charge >= 0.3 is 5.97 Å². The van der Waals surface area contributed by atoms with E-state index in [1.807, 2.05) is 35.9 Å². The van der Waals surface area contributed by atoms with Gasteiger partial charge in [0.15, 0.2) is 0 Å². The number of aliphatic hydroxyl groups excluding tert-OH is 1. The van der Waals surface area contributed by atoms with Crippen LogP contribution in [0.1, 0.15) is 18.1 Å². The van der Waals surface area contributed by atoms with Gasteiger partial charge in [-0.2, -0.15) is 0 Å². The van der Waals surface area contributed by atoms with Crippen molar-refractivity contribution in [1.82, 2.24) is 4.57 Å². The lowest BCUT2D eigenvalue weighted by molar-refractivity contribution is -0.139. The van der Waals surface area contributed by atoms with Crippen molar-refractivity contribution in [3.05, 3.63) is 36.0 Å². The normalized spacial score (nSPS) is 12.9. The smallest absolute Gasteiger partial charge is 0.306 e. The first-order chi connectivity index (χ1) is 7.59. The van der Waals surface area contributed by atoms with E-state index in [2.05, 4.69) is 0 Å². The molecule has 0 saturated heterocycles. The Morgan fingerprint density at radius 3 is 2.81 bits per heavy atom. The monoisotopic (exact) mass is 219 g/mol. The van der Waals surface area contributed by atoms with Crippen LogP contribution >= 0.6 is 0 Å². The minimum absolute atomic E-state index is 0.270. The van der Waals surface area contributed by atoms with Gasteiger partial charge in [0.25, 0.3) is 0 Å². The molecule has 0 aliphatic carbocycles. The Kier molecular flexibility index (Phi) is 2.66. The molecule has 0 radical (unpaired) electrons. The number of rotatable bonds is 3. The largest absolute Gasteiger partial charge is 0.481 e. The Morgan fingerprint density at radius 1 is 1.44 bits per heavy atom. The van der Waals surface area contributed by atoms with Gasteiger partial charge in [-0.3, -0.25) is 4.79 Å². The van der Waals surface area contributed by atoms with Gasteiger partial charge in [0.2, 0.25) is 0 Å². The summed E-state index contributed by atoms with van der Waals surface area (Å²) >= 11 is 0. The van der Waals surface area contributed by atoms with Crippen LogP contribution in [0.4, 0.5) is 0 Å². The second-order valence-electron chi connectivity index (χ2n) is 3.83. The number of aromatic nitrogens is 1. The third-order valence-corrected chi connectivity index (χ3v) is 2.65. The van der Waals surface area contributed by atoms with E-state index < -0.39 is 12.1 Å². The molecule has 0 fully saturated rings. The van der Waals surface area contributed by atoms with Crippen LogP contribution in [0.2, 0.25) is 0 Å². The van der Waals surface area contributed by atoms with Crippen LogP contribution in [0, 0.1) is 0 Å². The molecule has 4 heteroatoms. The molecule has 0 bridgehead atoms. The van der Waals surface area contributed by atoms with E-state index in [0.717, 1.165) is 10.9 Å². The lowest BCUT2D eigenvalue weighted by atomic mass is 10.1. The number of carboxylic acid groups (broad SMARTS) is 1. The molecule has 0 unspecified atom stereocenters. The summed E-state index contributed by atoms with van der Waals surface area (Å²) < 4.78 is 1.88. The third kappa shape index (κ3) is 1.79. The highest BCUT2D eigenvalue weighted by Crippen LogP contribution is 2.27. The number of fused-ring (bicyclic) bond motifs is 1. The SMILES string of the molecule is Cn1cc([C@@H](O)CC(=O)O)c2ccccc21. The van der Waals surface area contributed by atoms with Gasteiger partial charge < -0.3 is 14.8 Å². The van der Waals surface area contributed by atoms with Gasteiger partial charge in [-0.15, -0.1) is 0 Å². The van der Waals surface area contributed by atoms with Crippen LogP contribution in [0.3, 0.4) is 0 Å². The number of aliphatic hydroxyl groups is 1. The van der Waals surface area contributed by atoms with Crippen molar-refractivity contribution in [2.45, 2.75) is 12.5 Å². The number of benzene rings is 1. The molecule has 2 rings (SSSR count). The van der Waals surface area contributed by atoms with Gasteiger partial charge in [-0.25, -0.2) is 0 Å². The molecule has 1 aromatic heterocycles. The zero-order chi connectivity index (χ0) is 11.7. The predicted molar refractivity (Wildman–Crippen MR) is 60.1 cm³/mol. The van der Waals surface area contributed by atoms with Crippen LogP contribution in [0.5, 0.6) is 0 Å². The quantitative estimate of drug-likeness (QED) is 0.825. The fourth-order valence-corrected chi connectivity index (χ4v) is 1.91. The van der Waals surface area contributed by atoms with E-state index in [0.29, 0.717) is 5.56 Å². The van der Waals surface area contributed by atoms with E-state index >= 15 is 0 Å². The molecule has 2 aromatic rings. The number of aliphatic carboxylic acids is 1. The molecular formula is C12H13NO3. The van der Waals surface area contributed by atoms with Gasteiger partial charge in [-0.05, 0) is 6.07 Å². The lowest BCUT2D eigenvalue weighted by Gasteiger charge is -2.05. The summed E-state index contributed by atoms with van der Waals surface area (Å²) in [6.07, 6.45) is 0.551. The molecule has 0 amide bonds. The average molecular weight is 219 g/mol. The van der Waals surface area contributed by atoms with Crippen molar-refractivity contribution in [2.24, 2.45) is 7.05 Å². The van der Waals surface area contributed by atoms with Gasteiger partial charge in [-0.1, -0.05) is 18.2 Å². The second kappa shape index (κ2) is 3.98. The maximum atomic E-state index is 10.6. The predicted octanol–water partition coefficient (Wildman–Crippen LogP) is 1.69. The number of carboxylic acids is 1. The van der Waals surface area contributed by atoms with Crippen LogP contribution in [0.15, 0.2) is 30.5 Å². The van der Waals surface area contributed by atoms with Gasteiger partial charge in [0.05, 0.1) is 12.5 Å². The first-order valence-electron chi connectivity index (χ1n) is 5.03. The summed E-state index contributed by atoms with van der Waals surface area (Å²) in [4.78, 5) is 10.6. The minimum Gasteiger partial charge on any atom is -0.481 e. The summed E-state index contributed by atoms with van der Waals surface area (Å²) in [5.74, 6) is -1.000. The van der Waals surface area contributed by atoms with Crippen molar-refractivity contribution < 1.29 is 15.0 Å². The molecule has 84 valence electrons. The van der Waals surface area contributed by atoms with Crippen LogP contribution in [-0.4, -0.2) is 20.7 Å². The molecule has 1 aromatic carbocycles. The zero-order valence-corrected chi connectivity index (χ0v) is 8.92. The summed E-state index contributed by atoms with van der Waals surface area (Å²) in [5.41, 5.74) is 1.66. The molecule has 1 heterocycles. The van der Waals surface area contributed by atoms with Crippen LogP contribution in [-0.2, 0) is 11.8 Å². The maximum absolute atomic E-state index is 10.6. The van der Waals surface area contributed by atoms with E-state index in [4.69, 9.17) is 5.11 Å². The number of hydrogen-bond acceptors (Lipinski definition) is 2. The molecule has 0 spiro atoms. The van der Waals surface area contributed by atoms with Crippen LogP contribution < -0.4 is 0 Å². The van der Waals surface area contributed by atoms with Crippen molar-refractivity contribution in [3.63, 3.8) is 0 Å². The standard InChI is InChI=1S/C12H13NO3/c1-13-7-9(11(14)6-12(15)16)8-4-2-3-5-10(8)13/h2-5,7,11,14H,6H2,1H3,(H,15,16)/t11-/m0/s1. The Hall–Kier alpha value is -1.81. The first kappa shape index (κ1) is 10.7. The molecular weight excluding hydrogens is 206 g/mol. The van der Waals surface area contributed by atoms with Crippen LogP contribution in [0.25, 0.3) is 10.9 Å². The van der Waals surface area contributed by atoms with E-state index in [-0.39, 0.29) is 6.42 Å². The second-order valence-corrected chi connectivity index (χ2v) is 3.83. The van der Waals surface area contributed by atoms with Crippen molar-refractivity contribution in [1.29, 1.82) is 0 Å². The fraction of sp³-hybridized carbons (Fsp3) is 0.250. The van der Waals surface area contributed by atoms with Crippen molar-refractivity contribution >= 4 is 16.9 Å². The number of para-hydroxylation sites is 1. The highest BCUT2D eigenvalue weighted by Gasteiger charge is 2.16. The number of carbonyl (C=O) groups is 1. The van der Waals surface area contributed by atoms with Gasteiger partial charge in [0.1, 0.15) is 0 Å². The molecule has 16 heavy (non-hydrogen) atoms.